The monoisotopic (exact) mass is 436 g/mol. The lowest BCUT2D eigenvalue weighted by Gasteiger charge is -2.27. The molecule has 1 aliphatic heterocycles. The summed E-state index contributed by atoms with van der Waals surface area (Å²) in [6, 6.07) is 13.5. The Hall–Kier alpha value is -3.52. The van der Waals surface area contributed by atoms with E-state index in [9.17, 15) is 4.79 Å². The van der Waals surface area contributed by atoms with Crippen LogP contribution in [0, 0.1) is 6.92 Å². The average molecular weight is 437 g/mol. The minimum absolute atomic E-state index is 0.0818. The number of rotatable bonds is 7. The van der Waals surface area contributed by atoms with E-state index in [-0.39, 0.29) is 12.5 Å². The molecule has 3 aromatic rings. The largest absolute Gasteiger partial charge is 0.497 e. The summed E-state index contributed by atoms with van der Waals surface area (Å²) < 4.78 is 17.8. The summed E-state index contributed by atoms with van der Waals surface area (Å²) in [4.78, 5) is 15.0. The highest BCUT2D eigenvalue weighted by Crippen LogP contribution is 2.33. The second-order valence-electron chi connectivity index (χ2n) is 7.59. The van der Waals surface area contributed by atoms with E-state index in [0.717, 1.165) is 35.6 Å². The molecule has 4 rings (SSSR count). The molecule has 8 nitrogen and oxygen atoms in total. The Morgan fingerprint density at radius 2 is 1.88 bits per heavy atom. The van der Waals surface area contributed by atoms with Gasteiger partial charge in [-0.05, 0) is 30.2 Å². The maximum atomic E-state index is 12.8. The Labute approximate surface area is 187 Å². The molecular formula is C24H28N4O4. The van der Waals surface area contributed by atoms with Crippen molar-refractivity contribution in [2.75, 3.05) is 50.7 Å². The van der Waals surface area contributed by atoms with E-state index in [0.29, 0.717) is 30.4 Å². The third-order valence-electron chi connectivity index (χ3n) is 5.48. The topological polar surface area (TPSA) is 77.9 Å². The van der Waals surface area contributed by atoms with Crippen LogP contribution in [0.2, 0.25) is 0 Å². The summed E-state index contributed by atoms with van der Waals surface area (Å²) in [5.74, 6) is 1.87. The summed E-state index contributed by atoms with van der Waals surface area (Å²) in [5, 5.41) is 7.68. The minimum atomic E-state index is -0.194. The van der Waals surface area contributed by atoms with Gasteiger partial charge in [-0.25, -0.2) is 0 Å². The van der Waals surface area contributed by atoms with Gasteiger partial charge in [0.15, 0.2) is 5.82 Å². The minimum Gasteiger partial charge on any atom is -0.497 e. The average Bonchev–Trinajstić information content (AvgIpc) is 3.23. The van der Waals surface area contributed by atoms with Crippen molar-refractivity contribution in [1.82, 2.24) is 9.78 Å². The van der Waals surface area contributed by atoms with Crippen molar-refractivity contribution < 1.29 is 19.0 Å². The lowest BCUT2D eigenvalue weighted by molar-refractivity contribution is -0.116. The van der Waals surface area contributed by atoms with Crippen molar-refractivity contribution in [2.45, 2.75) is 13.5 Å². The molecule has 0 bridgehead atoms. The molecule has 0 saturated carbocycles. The van der Waals surface area contributed by atoms with E-state index in [2.05, 4.69) is 29.3 Å². The van der Waals surface area contributed by atoms with Gasteiger partial charge in [-0.2, -0.15) is 5.10 Å². The smallest absolute Gasteiger partial charge is 0.246 e. The van der Waals surface area contributed by atoms with Crippen LogP contribution in [0.1, 0.15) is 5.56 Å². The van der Waals surface area contributed by atoms with Crippen molar-refractivity contribution >= 4 is 17.4 Å². The van der Waals surface area contributed by atoms with Gasteiger partial charge in [-0.15, -0.1) is 0 Å². The number of nitrogens with one attached hydrogen (secondary N) is 1. The number of amides is 1. The number of morpholine rings is 1. The van der Waals surface area contributed by atoms with Crippen LogP contribution in [-0.2, 0) is 16.1 Å². The number of methoxy groups -OCH3 is 2. The molecule has 168 valence electrons. The zero-order chi connectivity index (χ0) is 22.5. The third kappa shape index (κ3) is 4.70. The molecular weight excluding hydrogens is 408 g/mol. The molecule has 0 atom stereocenters. The summed E-state index contributed by atoms with van der Waals surface area (Å²) >= 11 is 0. The molecule has 1 aliphatic rings. The van der Waals surface area contributed by atoms with Gasteiger partial charge in [0.05, 0.1) is 33.1 Å². The molecule has 1 saturated heterocycles. The highest BCUT2D eigenvalue weighted by atomic mass is 16.5. The molecule has 2 aromatic carbocycles. The zero-order valence-electron chi connectivity index (χ0n) is 18.6. The summed E-state index contributed by atoms with van der Waals surface area (Å²) in [7, 11) is 3.14. The second kappa shape index (κ2) is 9.74. The second-order valence-corrected chi connectivity index (χ2v) is 7.59. The van der Waals surface area contributed by atoms with Gasteiger partial charge in [0.2, 0.25) is 5.91 Å². The number of benzene rings is 2. The number of carbonyl (C=O) groups excluding carboxylic acids is 1. The number of hydrogen-bond donors (Lipinski definition) is 1. The number of ether oxygens (including phenoxy) is 3. The van der Waals surface area contributed by atoms with Crippen LogP contribution in [0.25, 0.3) is 11.1 Å². The van der Waals surface area contributed by atoms with Gasteiger partial charge in [0.25, 0.3) is 0 Å². The van der Waals surface area contributed by atoms with Crippen molar-refractivity contribution in [3.8, 4) is 22.6 Å². The van der Waals surface area contributed by atoms with Crippen molar-refractivity contribution in [3.63, 3.8) is 0 Å². The zero-order valence-corrected chi connectivity index (χ0v) is 18.6. The lowest BCUT2D eigenvalue weighted by Crippen LogP contribution is -2.37. The van der Waals surface area contributed by atoms with Crippen LogP contribution in [0.3, 0.4) is 0 Å². The molecule has 1 amide bonds. The molecule has 1 aromatic heterocycles. The molecule has 0 radical (unpaired) electrons. The molecule has 8 heteroatoms. The van der Waals surface area contributed by atoms with E-state index >= 15 is 0 Å². The van der Waals surface area contributed by atoms with Gasteiger partial charge in [0.1, 0.15) is 18.0 Å². The number of carbonyl (C=O) groups is 1. The van der Waals surface area contributed by atoms with Crippen LogP contribution in [-0.4, -0.2) is 56.2 Å². The Kier molecular flexibility index (Phi) is 6.61. The number of nitrogens with zero attached hydrogens (tertiary/aromatic N) is 3. The van der Waals surface area contributed by atoms with Crippen LogP contribution >= 0.6 is 0 Å². The SMILES string of the molecule is COc1ccc(NC(=O)Cn2cc(-c3ccccc3C)c(N3CCOCC3)n2)c(OC)c1. The van der Waals surface area contributed by atoms with Crippen LogP contribution < -0.4 is 19.7 Å². The van der Waals surface area contributed by atoms with Gasteiger partial charge >= 0.3 is 0 Å². The first-order valence-corrected chi connectivity index (χ1v) is 10.6. The first-order valence-electron chi connectivity index (χ1n) is 10.6. The van der Waals surface area contributed by atoms with Crippen molar-refractivity contribution in [2.24, 2.45) is 0 Å². The van der Waals surface area contributed by atoms with Gasteiger partial charge < -0.3 is 24.4 Å². The molecule has 32 heavy (non-hydrogen) atoms. The molecule has 0 spiro atoms. The Morgan fingerprint density at radius 3 is 2.59 bits per heavy atom. The third-order valence-corrected chi connectivity index (χ3v) is 5.48. The summed E-state index contributed by atoms with van der Waals surface area (Å²) in [6.07, 6.45) is 1.94. The quantitative estimate of drug-likeness (QED) is 0.612. The highest BCUT2D eigenvalue weighted by molar-refractivity contribution is 5.92. The van der Waals surface area contributed by atoms with Gasteiger partial charge in [-0.3, -0.25) is 9.48 Å². The van der Waals surface area contributed by atoms with Gasteiger partial charge in [0, 0.05) is 30.9 Å². The Balaban J connectivity index is 1.59. The Bertz CT molecular complexity index is 1090. The molecule has 1 N–H and O–H groups in total. The standard InChI is InChI=1S/C24H28N4O4/c1-17-6-4-5-7-19(17)20-15-28(26-24(20)27-10-12-32-13-11-27)16-23(29)25-21-9-8-18(30-2)14-22(21)31-3/h4-9,14-15H,10-13,16H2,1-3H3,(H,25,29). The predicted octanol–water partition coefficient (Wildman–Crippen LogP) is 3.35. The molecule has 1 fully saturated rings. The summed E-state index contributed by atoms with van der Waals surface area (Å²) in [6.45, 7) is 5.03. The number of aromatic nitrogens is 2. The van der Waals surface area contributed by atoms with E-state index in [1.54, 1.807) is 37.1 Å². The highest BCUT2D eigenvalue weighted by Gasteiger charge is 2.21. The van der Waals surface area contributed by atoms with Crippen molar-refractivity contribution in [3.05, 3.63) is 54.2 Å². The lowest BCUT2D eigenvalue weighted by atomic mass is 10.0. The van der Waals surface area contributed by atoms with E-state index in [1.165, 1.54) is 0 Å². The summed E-state index contributed by atoms with van der Waals surface area (Å²) in [5.41, 5.74) is 3.87. The normalized spacial score (nSPS) is 13.7. The van der Waals surface area contributed by atoms with E-state index in [1.807, 2.05) is 18.3 Å². The predicted molar refractivity (Wildman–Crippen MR) is 124 cm³/mol. The first-order chi connectivity index (χ1) is 15.6. The first kappa shape index (κ1) is 21.7. The fraction of sp³-hybridized carbons (Fsp3) is 0.333. The maximum absolute atomic E-state index is 12.8. The fourth-order valence-corrected chi connectivity index (χ4v) is 3.80. The molecule has 0 unspecified atom stereocenters. The molecule has 2 heterocycles. The number of anilines is 2. The van der Waals surface area contributed by atoms with Crippen LogP contribution in [0.5, 0.6) is 11.5 Å². The number of hydrogen-bond acceptors (Lipinski definition) is 6. The number of aryl methyl sites for hydroxylation is 1. The van der Waals surface area contributed by atoms with Gasteiger partial charge in [-0.1, -0.05) is 24.3 Å². The maximum Gasteiger partial charge on any atom is 0.246 e. The van der Waals surface area contributed by atoms with Crippen molar-refractivity contribution in [1.29, 1.82) is 0 Å². The fourth-order valence-electron chi connectivity index (χ4n) is 3.80. The van der Waals surface area contributed by atoms with E-state index < -0.39 is 0 Å². The van der Waals surface area contributed by atoms with Crippen LogP contribution in [0.15, 0.2) is 48.7 Å². The van der Waals surface area contributed by atoms with Crippen LogP contribution in [0.4, 0.5) is 11.5 Å². The Morgan fingerprint density at radius 1 is 1.09 bits per heavy atom. The van der Waals surface area contributed by atoms with E-state index in [4.69, 9.17) is 19.3 Å². The molecule has 0 aliphatic carbocycles.